The van der Waals surface area contributed by atoms with Crippen LogP contribution in [0.15, 0.2) is 6.20 Å². The molecule has 17 heavy (non-hydrogen) atoms. The first-order valence-electron chi connectivity index (χ1n) is 4.60. The Labute approximate surface area is 95.9 Å². The number of amides is 3. The van der Waals surface area contributed by atoms with E-state index in [0.717, 1.165) is 0 Å². The molecule has 0 saturated carbocycles. The number of carbonyl (C=O) groups excluding carboxylic acids is 3. The SMILES string of the molecule is COC(=O)c1cn(CCC(=O)NC(N)=O)nn1. The van der Waals surface area contributed by atoms with E-state index in [1.807, 2.05) is 5.32 Å². The molecule has 1 heterocycles. The smallest absolute Gasteiger partial charge is 0.360 e. The number of urea groups is 1. The zero-order chi connectivity index (χ0) is 12.8. The molecule has 0 unspecified atom stereocenters. The number of carbonyl (C=O) groups is 3. The molecule has 0 radical (unpaired) electrons. The summed E-state index contributed by atoms with van der Waals surface area (Å²) in [4.78, 5) is 32.4. The van der Waals surface area contributed by atoms with E-state index in [-0.39, 0.29) is 18.7 Å². The average Bonchev–Trinajstić information content (AvgIpc) is 2.73. The van der Waals surface area contributed by atoms with Crippen LogP contribution in [0.25, 0.3) is 0 Å². The van der Waals surface area contributed by atoms with Gasteiger partial charge in [0, 0.05) is 6.42 Å². The fourth-order valence-corrected chi connectivity index (χ4v) is 1.02. The largest absolute Gasteiger partial charge is 0.464 e. The maximum Gasteiger partial charge on any atom is 0.360 e. The van der Waals surface area contributed by atoms with Gasteiger partial charge in [-0.1, -0.05) is 5.21 Å². The maximum atomic E-state index is 11.1. The summed E-state index contributed by atoms with van der Waals surface area (Å²) in [5, 5.41) is 9.05. The van der Waals surface area contributed by atoms with Crippen molar-refractivity contribution in [2.24, 2.45) is 5.73 Å². The number of ether oxygens (including phenoxy) is 1. The van der Waals surface area contributed by atoms with Gasteiger partial charge >= 0.3 is 12.0 Å². The van der Waals surface area contributed by atoms with Crippen molar-refractivity contribution in [3.63, 3.8) is 0 Å². The lowest BCUT2D eigenvalue weighted by atomic mass is 10.4. The number of aromatic nitrogens is 3. The summed E-state index contributed by atoms with van der Waals surface area (Å²) in [6, 6.07) is -0.913. The molecule has 0 bridgehead atoms. The van der Waals surface area contributed by atoms with E-state index in [2.05, 4.69) is 15.0 Å². The van der Waals surface area contributed by atoms with Crippen molar-refractivity contribution in [3.8, 4) is 0 Å². The number of nitrogens with one attached hydrogen (secondary N) is 1. The summed E-state index contributed by atoms with van der Waals surface area (Å²) in [5.41, 5.74) is 4.80. The van der Waals surface area contributed by atoms with Gasteiger partial charge in [0.15, 0.2) is 5.69 Å². The lowest BCUT2D eigenvalue weighted by molar-refractivity contribution is -0.120. The Kier molecular flexibility index (Phi) is 4.14. The number of methoxy groups -OCH3 is 1. The van der Waals surface area contributed by atoms with E-state index in [4.69, 9.17) is 5.73 Å². The van der Waals surface area contributed by atoms with Crippen LogP contribution in [-0.2, 0) is 16.1 Å². The highest BCUT2D eigenvalue weighted by Gasteiger charge is 2.11. The summed E-state index contributed by atoms with van der Waals surface area (Å²) >= 11 is 0. The van der Waals surface area contributed by atoms with E-state index >= 15 is 0 Å². The second-order valence-corrected chi connectivity index (χ2v) is 3.02. The molecule has 9 heteroatoms. The molecule has 0 aromatic carbocycles. The van der Waals surface area contributed by atoms with Crippen molar-refractivity contribution in [2.75, 3.05) is 7.11 Å². The summed E-state index contributed by atoms with van der Waals surface area (Å²) in [7, 11) is 1.22. The van der Waals surface area contributed by atoms with Crippen molar-refractivity contribution in [1.29, 1.82) is 0 Å². The van der Waals surface area contributed by atoms with Gasteiger partial charge < -0.3 is 10.5 Å². The minimum Gasteiger partial charge on any atom is -0.464 e. The van der Waals surface area contributed by atoms with Crippen LogP contribution in [0.1, 0.15) is 16.9 Å². The molecule has 1 aromatic heterocycles. The zero-order valence-electron chi connectivity index (χ0n) is 9.04. The minimum atomic E-state index is -0.913. The summed E-state index contributed by atoms with van der Waals surface area (Å²) in [6.07, 6.45) is 1.33. The van der Waals surface area contributed by atoms with Gasteiger partial charge in [0.1, 0.15) is 0 Å². The van der Waals surface area contributed by atoms with Crippen LogP contribution in [0, 0.1) is 0 Å². The molecule has 0 fully saturated rings. The third-order valence-corrected chi connectivity index (χ3v) is 1.76. The molecule has 92 valence electrons. The number of hydrogen-bond donors (Lipinski definition) is 2. The van der Waals surface area contributed by atoms with E-state index in [0.29, 0.717) is 0 Å². The molecule has 0 saturated heterocycles. The van der Waals surface area contributed by atoms with Gasteiger partial charge in [0.05, 0.1) is 19.9 Å². The van der Waals surface area contributed by atoms with Crippen LogP contribution in [0.3, 0.4) is 0 Å². The number of aryl methyl sites for hydroxylation is 1. The number of imide groups is 1. The molecule has 3 N–H and O–H groups in total. The fourth-order valence-electron chi connectivity index (χ4n) is 1.02. The molecule has 9 nitrogen and oxygen atoms in total. The Balaban J connectivity index is 2.47. The summed E-state index contributed by atoms with van der Waals surface area (Å²) in [5.74, 6) is -1.15. The third kappa shape index (κ3) is 3.89. The van der Waals surface area contributed by atoms with Gasteiger partial charge in [-0.2, -0.15) is 0 Å². The number of nitrogens with two attached hydrogens (primary N) is 1. The first kappa shape index (κ1) is 12.6. The van der Waals surface area contributed by atoms with Crippen LogP contribution in [0.2, 0.25) is 0 Å². The second-order valence-electron chi connectivity index (χ2n) is 3.02. The van der Waals surface area contributed by atoms with Crippen LogP contribution in [0.5, 0.6) is 0 Å². The van der Waals surface area contributed by atoms with Crippen LogP contribution < -0.4 is 11.1 Å². The number of nitrogens with zero attached hydrogens (tertiary/aromatic N) is 3. The molecule has 3 amide bonds. The first-order valence-corrected chi connectivity index (χ1v) is 4.60. The van der Waals surface area contributed by atoms with Gasteiger partial charge in [-0.3, -0.25) is 14.8 Å². The fraction of sp³-hybridized carbons (Fsp3) is 0.375. The lowest BCUT2D eigenvalue weighted by Crippen LogP contribution is -2.35. The molecular formula is C8H11N5O4. The van der Waals surface area contributed by atoms with Crippen molar-refractivity contribution >= 4 is 17.9 Å². The second kappa shape index (κ2) is 5.58. The third-order valence-electron chi connectivity index (χ3n) is 1.76. The van der Waals surface area contributed by atoms with Crippen LogP contribution in [0.4, 0.5) is 4.79 Å². The molecular weight excluding hydrogens is 230 g/mol. The predicted molar refractivity (Wildman–Crippen MR) is 53.7 cm³/mol. The maximum absolute atomic E-state index is 11.1. The zero-order valence-corrected chi connectivity index (χ0v) is 9.04. The Morgan fingerprint density at radius 3 is 2.82 bits per heavy atom. The Morgan fingerprint density at radius 1 is 1.53 bits per heavy atom. The number of esters is 1. The Bertz CT molecular complexity index is 441. The minimum absolute atomic E-state index is 0.00703. The molecule has 0 aliphatic heterocycles. The quantitative estimate of drug-likeness (QED) is 0.627. The highest BCUT2D eigenvalue weighted by atomic mass is 16.5. The normalized spacial score (nSPS) is 9.71. The molecule has 0 aliphatic carbocycles. The van der Waals surface area contributed by atoms with Crippen LogP contribution in [-0.4, -0.2) is 40.0 Å². The average molecular weight is 241 g/mol. The lowest BCUT2D eigenvalue weighted by Gasteiger charge is -2.00. The van der Waals surface area contributed by atoms with E-state index in [1.165, 1.54) is 18.0 Å². The van der Waals surface area contributed by atoms with E-state index in [9.17, 15) is 14.4 Å². The number of rotatable bonds is 4. The monoisotopic (exact) mass is 241 g/mol. The molecule has 1 aromatic rings. The van der Waals surface area contributed by atoms with Crippen molar-refractivity contribution in [3.05, 3.63) is 11.9 Å². The Morgan fingerprint density at radius 2 is 2.24 bits per heavy atom. The first-order chi connectivity index (χ1) is 8.02. The number of primary amides is 1. The molecule has 1 rings (SSSR count). The highest BCUT2D eigenvalue weighted by molar-refractivity contribution is 5.93. The summed E-state index contributed by atoms with van der Waals surface area (Å²) in [6.45, 7) is 0.170. The highest BCUT2D eigenvalue weighted by Crippen LogP contribution is 1.96. The van der Waals surface area contributed by atoms with Gasteiger partial charge in [0.25, 0.3) is 0 Å². The summed E-state index contributed by atoms with van der Waals surface area (Å²) < 4.78 is 5.72. The molecule has 0 spiro atoms. The Hall–Kier alpha value is -2.45. The number of hydrogen-bond acceptors (Lipinski definition) is 6. The van der Waals surface area contributed by atoms with E-state index < -0.39 is 17.9 Å². The van der Waals surface area contributed by atoms with Gasteiger partial charge in [-0.25, -0.2) is 9.59 Å². The van der Waals surface area contributed by atoms with Crippen molar-refractivity contribution in [2.45, 2.75) is 13.0 Å². The van der Waals surface area contributed by atoms with Gasteiger partial charge in [-0.15, -0.1) is 5.10 Å². The van der Waals surface area contributed by atoms with Crippen molar-refractivity contribution in [1.82, 2.24) is 20.3 Å². The topological polar surface area (TPSA) is 129 Å². The van der Waals surface area contributed by atoms with Gasteiger partial charge in [0.2, 0.25) is 5.91 Å². The van der Waals surface area contributed by atoms with Crippen LogP contribution >= 0.6 is 0 Å². The van der Waals surface area contributed by atoms with Gasteiger partial charge in [-0.05, 0) is 0 Å². The van der Waals surface area contributed by atoms with Crippen molar-refractivity contribution < 1.29 is 19.1 Å². The van der Waals surface area contributed by atoms with E-state index in [1.54, 1.807) is 0 Å². The molecule has 0 aliphatic rings. The predicted octanol–water partition coefficient (Wildman–Crippen LogP) is -1.35. The standard InChI is InChI=1S/C8H11N5O4/c1-17-7(15)5-4-13(12-11-5)3-2-6(14)10-8(9)16/h4H,2-3H2,1H3,(H3,9,10,14,16). The molecule has 0 atom stereocenters.